The zero-order valence-corrected chi connectivity index (χ0v) is 11.4. The number of nitrogens with one attached hydrogen (secondary N) is 1. The van der Waals surface area contributed by atoms with Gasteiger partial charge in [0.25, 0.3) is 0 Å². The molecule has 1 amide bonds. The van der Waals surface area contributed by atoms with E-state index in [4.69, 9.17) is 9.15 Å². The fraction of sp³-hybridized carbons (Fsp3) is 0.500. The van der Waals surface area contributed by atoms with Crippen LogP contribution in [0.1, 0.15) is 39.0 Å². The summed E-state index contributed by atoms with van der Waals surface area (Å²) in [5, 5.41) is 13.0. The van der Waals surface area contributed by atoms with E-state index in [-0.39, 0.29) is 12.2 Å². The van der Waals surface area contributed by atoms with Gasteiger partial charge in [0, 0.05) is 6.42 Å². The highest BCUT2D eigenvalue weighted by Crippen LogP contribution is 2.23. The van der Waals surface area contributed by atoms with E-state index in [9.17, 15) is 19.7 Å². The summed E-state index contributed by atoms with van der Waals surface area (Å²) in [7, 11) is 0. The highest BCUT2D eigenvalue weighted by Gasteiger charge is 2.24. The molecule has 0 fully saturated rings. The molecule has 0 aliphatic carbocycles. The number of rotatable bonds is 5. The summed E-state index contributed by atoms with van der Waals surface area (Å²) >= 11 is 0. The molecule has 1 aromatic rings. The van der Waals surface area contributed by atoms with Crippen molar-refractivity contribution in [2.75, 3.05) is 0 Å². The lowest BCUT2D eigenvalue weighted by Gasteiger charge is -2.21. The minimum Gasteiger partial charge on any atom is -0.444 e. The van der Waals surface area contributed by atoms with Gasteiger partial charge in [-0.3, -0.25) is 10.1 Å². The van der Waals surface area contributed by atoms with Gasteiger partial charge in [-0.05, 0) is 26.8 Å². The first kappa shape index (κ1) is 15.7. The lowest BCUT2D eigenvalue weighted by Crippen LogP contribution is -2.35. The average molecular weight is 284 g/mol. The third kappa shape index (κ3) is 4.71. The maximum atomic E-state index is 11.6. The van der Waals surface area contributed by atoms with Gasteiger partial charge in [0.1, 0.15) is 22.6 Å². The number of alkyl carbamates (subject to hydrolysis) is 1. The van der Waals surface area contributed by atoms with Gasteiger partial charge < -0.3 is 19.3 Å². The predicted octanol–water partition coefficient (Wildman–Crippen LogP) is 2.34. The first-order chi connectivity index (χ1) is 9.23. The zero-order valence-electron chi connectivity index (χ0n) is 11.4. The van der Waals surface area contributed by atoms with Crippen LogP contribution in [0.5, 0.6) is 0 Å². The molecule has 0 aromatic carbocycles. The van der Waals surface area contributed by atoms with Crippen LogP contribution in [-0.2, 0) is 9.53 Å². The molecule has 0 spiro atoms. The molecule has 20 heavy (non-hydrogen) atoms. The van der Waals surface area contributed by atoms with Crippen LogP contribution in [0, 0.1) is 10.1 Å². The molecule has 8 nitrogen and oxygen atoms in total. The lowest BCUT2D eigenvalue weighted by atomic mass is 10.1. The van der Waals surface area contributed by atoms with E-state index in [1.165, 1.54) is 6.07 Å². The van der Waals surface area contributed by atoms with E-state index in [0.717, 1.165) is 6.07 Å². The van der Waals surface area contributed by atoms with E-state index in [0.29, 0.717) is 6.29 Å². The van der Waals surface area contributed by atoms with Gasteiger partial charge >= 0.3 is 12.0 Å². The molecule has 1 aromatic heterocycles. The molecule has 1 N–H and O–H groups in total. The predicted molar refractivity (Wildman–Crippen MR) is 68.2 cm³/mol. The summed E-state index contributed by atoms with van der Waals surface area (Å²) in [6, 6.07) is 1.68. The molecule has 0 aliphatic rings. The van der Waals surface area contributed by atoms with Crippen LogP contribution < -0.4 is 5.32 Å². The van der Waals surface area contributed by atoms with E-state index < -0.39 is 28.5 Å². The van der Waals surface area contributed by atoms with E-state index in [1.54, 1.807) is 20.8 Å². The molecule has 0 aliphatic heterocycles. The summed E-state index contributed by atoms with van der Waals surface area (Å²) in [6.07, 6.45) is -0.233. The third-order valence-corrected chi connectivity index (χ3v) is 2.16. The van der Waals surface area contributed by atoms with Gasteiger partial charge in [-0.15, -0.1) is 0 Å². The Balaban J connectivity index is 2.80. The molecule has 0 saturated carbocycles. The second-order valence-corrected chi connectivity index (χ2v) is 5.03. The average Bonchev–Trinajstić information content (AvgIpc) is 2.74. The fourth-order valence-electron chi connectivity index (χ4n) is 1.42. The molecular weight excluding hydrogens is 268 g/mol. The van der Waals surface area contributed by atoms with Crippen molar-refractivity contribution in [2.45, 2.75) is 38.8 Å². The highest BCUT2D eigenvalue weighted by atomic mass is 16.6. The molecule has 0 unspecified atom stereocenters. The topological polar surface area (TPSA) is 112 Å². The number of aldehydes is 1. The number of ether oxygens (including phenoxy) is 1. The quantitative estimate of drug-likeness (QED) is 0.504. The largest absolute Gasteiger partial charge is 0.444 e. The van der Waals surface area contributed by atoms with Crippen LogP contribution in [0.15, 0.2) is 16.5 Å². The Labute approximate surface area is 115 Å². The summed E-state index contributed by atoms with van der Waals surface area (Å²) < 4.78 is 10.0. The Kier molecular flexibility index (Phi) is 4.84. The Morgan fingerprint density at radius 1 is 1.55 bits per heavy atom. The number of hydrogen-bond donors (Lipinski definition) is 1. The maximum absolute atomic E-state index is 11.6. The van der Waals surface area contributed by atoms with Crippen molar-refractivity contribution in [1.29, 1.82) is 0 Å². The summed E-state index contributed by atoms with van der Waals surface area (Å²) in [5.41, 5.74) is -0.690. The normalized spacial score (nSPS) is 12.6. The molecule has 8 heteroatoms. The van der Waals surface area contributed by atoms with Crippen molar-refractivity contribution < 1.29 is 23.7 Å². The Bertz CT molecular complexity index is 502. The van der Waals surface area contributed by atoms with Crippen LogP contribution in [0.2, 0.25) is 0 Å². The van der Waals surface area contributed by atoms with E-state index in [2.05, 4.69) is 5.32 Å². The van der Waals surface area contributed by atoms with Gasteiger partial charge in [0.05, 0.1) is 12.1 Å². The number of nitrogens with zero attached hydrogens (tertiary/aromatic N) is 1. The van der Waals surface area contributed by atoms with Crippen molar-refractivity contribution in [2.24, 2.45) is 0 Å². The monoisotopic (exact) mass is 284 g/mol. The number of carbonyl (C=O) groups excluding carboxylic acids is 2. The first-order valence-corrected chi connectivity index (χ1v) is 5.90. The minimum atomic E-state index is -0.809. The van der Waals surface area contributed by atoms with Gasteiger partial charge in [-0.25, -0.2) is 4.79 Å². The number of furan rings is 1. The van der Waals surface area contributed by atoms with Gasteiger partial charge in [0.15, 0.2) is 0 Å². The van der Waals surface area contributed by atoms with Crippen molar-refractivity contribution in [3.8, 4) is 0 Å². The Morgan fingerprint density at radius 2 is 2.20 bits per heavy atom. The van der Waals surface area contributed by atoms with Crippen molar-refractivity contribution in [3.05, 3.63) is 28.0 Å². The smallest absolute Gasteiger partial charge is 0.433 e. The standard InChI is InChI=1S/C12H16N2O6/c1-12(2,3)20-11(16)13-8(6-7-15)9-4-5-10(19-9)14(17)18/h4-5,7-8H,6H2,1-3H3,(H,13,16)/t8-/m1/s1. The molecule has 0 bridgehead atoms. The van der Waals surface area contributed by atoms with Gasteiger partial charge in [-0.1, -0.05) is 0 Å². The molecule has 110 valence electrons. The molecule has 0 saturated heterocycles. The fourth-order valence-corrected chi connectivity index (χ4v) is 1.42. The SMILES string of the molecule is CC(C)(C)OC(=O)N[C@H](CC=O)c1ccc([N+](=O)[O-])o1. The zero-order chi connectivity index (χ0) is 15.3. The van der Waals surface area contributed by atoms with Crippen LogP contribution >= 0.6 is 0 Å². The van der Waals surface area contributed by atoms with Crippen LogP contribution in [0.25, 0.3) is 0 Å². The first-order valence-electron chi connectivity index (χ1n) is 5.90. The van der Waals surface area contributed by atoms with Crippen LogP contribution in [-0.4, -0.2) is 22.9 Å². The lowest BCUT2D eigenvalue weighted by molar-refractivity contribution is -0.402. The molecule has 0 radical (unpaired) electrons. The van der Waals surface area contributed by atoms with Crippen molar-refractivity contribution in [1.82, 2.24) is 5.32 Å². The second kappa shape index (κ2) is 6.18. The van der Waals surface area contributed by atoms with E-state index >= 15 is 0 Å². The summed E-state index contributed by atoms with van der Waals surface area (Å²) in [5.74, 6) is -0.337. The number of hydrogen-bond acceptors (Lipinski definition) is 6. The molecular formula is C12H16N2O6. The third-order valence-electron chi connectivity index (χ3n) is 2.16. The van der Waals surface area contributed by atoms with Crippen LogP contribution in [0.3, 0.4) is 0 Å². The van der Waals surface area contributed by atoms with Gasteiger partial charge in [-0.2, -0.15) is 0 Å². The molecule has 1 heterocycles. The number of carbonyl (C=O) groups is 2. The second-order valence-electron chi connectivity index (χ2n) is 5.03. The summed E-state index contributed by atoms with van der Waals surface area (Å²) in [6.45, 7) is 5.08. The van der Waals surface area contributed by atoms with Gasteiger partial charge in [0.2, 0.25) is 0 Å². The number of nitro groups is 1. The highest BCUT2D eigenvalue weighted by molar-refractivity contribution is 5.69. The Morgan fingerprint density at radius 3 is 2.65 bits per heavy atom. The summed E-state index contributed by atoms with van der Waals surface area (Å²) in [4.78, 5) is 32.1. The molecule has 1 atom stereocenters. The van der Waals surface area contributed by atoms with Crippen LogP contribution in [0.4, 0.5) is 10.7 Å². The van der Waals surface area contributed by atoms with Crippen molar-refractivity contribution in [3.63, 3.8) is 0 Å². The number of amides is 1. The minimum absolute atomic E-state index is 0.0795. The maximum Gasteiger partial charge on any atom is 0.433 e. The Hall–Kier alpha value is -2.38. The van der Waals surface area contributed by atoms with E-state index in [1.807, 2.05) is 0 Å². The molecule has 1 rings (SSSR count). The van der Waals surface area contributed by atoms with Crippen molar-refractivity contribution >= 4 is 18.3 Å².